The van der Waals surface area contributed by atoms with Crippen molar-refractivity contribution in [3.8, 4) is 0 Å². The van der Waals surface area contributed by atoms with Gasteiger partial charge in [-0.05, 0) is 12.5 Å². The molecule has 1 aromatic carbocycles. The van der Waals surface area contributed by atoms with Gasteiger partial charge in [0.2, 0.25) is 0 Å². The van der Waals surface area contributed by atoms with Gasteiger partial charge in [-0.15, -0.1) is 0 Å². The van der Waals surface area contributed by atoms with Gasteiger partial charge in [0.15, 0.2) is 0 Å². The molecule has 2 rings (SSSR count). The Morgan fingerprint density at radius 1 is 1.44 bits per heavy atom. The Labute approximate surface area is 96.0 Å². The molecular formula is C13H17NO2. The van der Waals surface area contributed by atoms with Crippen LogP contribution in [0.5, 0.6) is 0 Å². The average molecular weight is 219 g/mol. The van der Waals surface area contributed by atoms with E-state index < -0.39 is 0 Å². The van der Waals surface area contributed by atoms with Crippen LogP contribution in [0.25, 0.3) is 0 Å². The van der Waals surface area contributed by atoms with Gasteiger partial charge in [0.1, 0.15) is 6.61 Å². The van der Waals surface area contributed by atoms with Crippen LogP contribution >= 0.6 is 0 Å². The second-order valence-electron chi connectivity index (χ2n) is 4.62. The predicted octanol–water partition coefficient (Wildman–Crippen LogP) is 1.82. The van der Waals surface area contributed by atoms with Crippen LogP contribution in [0.1, 0.15) is 19.4 Å². The van der Waals surface area contributed by atoms with Crippen LogP contribution in [0.3, 0.4) is 0 Å². The number of rotatable bonds is 4. The lowest BCUT2D eigenvalue weighted by atomic mass is 10.2. The van der Waals surface area contributed by atoms with E-state index in [1.165, 1.54) is 12.5 Å². The summed E-state index contributed by atoms with van der Waals surface area (Å²) in [5, 5.41) is 0. The summed E-state index contributed by atoms with van der Waals surface area (Å²) in [6.07, 6.45) is 0. The molecule has 1 aliphatic heterocycles. The molecule has 0 amide bonds. The highest BCUT2D eigenvalue weighted by atomic mass is 16.5. The Balaban J connectivity index is 1.84. The standard InChI is InChI=1S/C13H17NO2/c1-11(15)16-10-13(2)9-14(13)8-12-6-4-3-5-7-12/h3-7H,8-10H2,1-2H3/t13-,14?/m1/s1. The van der Waals surface area contributed by atoms with Crippen molar-refractivity contribution < 1.29 is 9.53 Å². The summed E-state index contributed by atoms with van der Waals surface area (Å²) in [5.74, 6) is -0.201. The number of hydrogen-bond donors (Lipinski definition) is 0. The molecule has 0 saturated carbocycles. The Morgan fingerprint density at radius 2 is 2.12 bits per heavy atom. The predicted molar refractivity (Wildman–Crippen MR) is 61.9 cm³/mol. The van der Waals surface area contributed by atoms with Crippen LogP contribution in [0.4, 0.5) is 0 Å². The summed E-state index contributed by atoms with van der Waals surface area (Å²) in [5.41, 5.74) is 1.34. The summed E-state index contributed by atoms with van der Waals surface area (Å²) >= 11 is 0. The number of ether oxygens (including phenoxy) is 1. The Hall–Kier alpha value is -1.35. The van der Waals surface area contributed by atoms with Gasteiger partial charge in [0.25, 0.3) is 0 Å². The van der Waals surface area contributed by atoms with Gasteiger partial charge in [-0.2, -0.15) is 0 Å². The van der Waals surface area contributed by atoms with E-state index in [9.17, 15) is 4.79 Å². The van der Waals surface area contributed by atoms with Crippen LogP contribution in [0.2, 0.25) is 0 Å². The molecule has 16 heavy (non-hydrogen) atoms. The fourth-order valence-corrected chi connectivity index (χ4v) is 1.82. The van der Waals surface area contributed by atoms with Crippen molar-refractivity contribution in [1.82, 2.24) is 4.90 Å². The molecule has 1 unspecified atom stereocenters. The molecule has 0 N–H and O–H groups in total. The third-order valence-electron chi connectivity index (χ3n) is 2.99. The van der Waals surface area contributed by atoms with Crippen molar-refractivity contribution in [3.63, 3.8) is 0 Å². The highest BCUT2D eigenvalue weighted by Crippen LogP contribution is 2.33. The molecule has 0 aliphatic carbocycles. The lowest BCUT2D eigenvalue weighted by Crippen LogP contribution is -2.22. The summed E-state index contributed by atoms with van der Waals surface area (Å²) in [7, 11) is 0. The molecule has 0 spiro atoms. The Kier molecular flexibility index (Phi) is 2.97. The maximum Gasteiger partial charge on any atom is 0.302 e. The topological polar surface area (TPSA) is 29.3 Å². The lowest BCUT2D eigenvalue weighted by Gasteiger charge is -2.12. The quantitative estimate of drug-likeness (QED) is 0.571. The Bertz CT molecular complexity index is 377. The zero-order valence-corrected chi connectivity index (χ0v) is 9.77. The second-order valence-corrected chi connectivity index (χ2v) is 4.62. The van der Waals surface area contributed by atoms with Crippen LogP contribution in [-0.2, 0) is 16.1 Å². The van der Waals surface area contributed by atoms with E-state index in [2.05, 4.69) is 24.0 Å². The molecule has 86 valence electrons. The first-order valence-electron chi connectivity index (χ1n) is 5.52. The third kappa shape index (κ3) is 2.61. The summed E-state index contributed by atoms with van der Waals surface area (Å²) < 4.78 is 5.06. The number of hydrogen-bond acceptors (Lipinski definition) is 3. The van der Waals surface area contributed by atoms with Crippen LogP contribution in [0, 0.1) is 0 Å². The number of benzene rings is 1. The number of nitrogens with zero attached hydrogens (tertiary/aromatic N) is 1. The molecule has 0 radical (unpaired) electrons. The molecule has 1 aliphatic rings. The first kappa shape index (κ1) is 11.1. The van der Waals surface area contributed by atoms with E-state index in [1.807, 2.05) is 18.2 Å². The van der Waals surface area contributed by atoms with Gasteiger partial charge in [-0.1, -0.05) is 30.3 Å². The van der Waals surface area contributed by atoms with Crippen LogP contribution in [-0.4, -0.2) is 29.6 Å². The largest absolute Gasteiger partial charge is 0.464 e. The third-order valence-corrected chi connectivity index (χ3v) is 2.99. The fourth-order valence-electron chi connectivity index (χ4n) is 1.82. The van der Waals surface area contributed by atoms with Gasteiger partial charge in [-0.25, -0.2) is 0 Å². The van der Waals surface area contributed by atoms with Crippen molar-refractivity contribution >= 4 is 5.97 Å². The minimum atomic E-state index is -0.201. The first-order valence-corrected chi connectivity index (χ1v) is 5.52. The SMILES string of the molecule is CC(=O)OC[C@@]1(C)CN1Cc1ccccc1. The number of carbonyl (C=O) groups excluding carboxylic acids is 1. The smallest absolute Gasteiger partial charge is 0.302 e. The molecule has 2 atom stereocenters. The maximum atomic E-state index is 10.7. The van der Waals surface area contributed by atoms with Crippen LogP contribution in [0.15, 0.2) is 30.3 Å². The van der Waals surface area contributed by atoms with Gasteiger partial charge in [0, 0.05) is 20.0 Å². The van der Waals surface area contributed by atoms with Crippen LogP contribution < -0.4 is 0 Å². The van der Waals surface area contributed by atoms with E-state index in [4.69, 9.17) is 4.74 Å². The molecule has 0 aromatic heterocycles. The molecular weight excluding hydrogens is 202 g/mol. The molecule has 1 heterocycles. The van der Waals surface area contributed by atoms with Crippen molar-refractivity contribution in [1.29, 1.82) is 0 Å². The van der Waals surface area contributed by atoms with E-state index >= 15 is 0 Å². The van der Waals surface area contributed by atoms with E-state index in [-0.39, 0.29) is 11.5 Å². The molecule has 1 saturated heterocycles. The minimum absolute atomic E-state index is 0.0432. The van der Waals surface area contributed by atoms with Gasteiger partial charge >= 0.3 is 5.97 Å². The van der Waals surface area contributed by atoms with Gasteiger partial charge in [-0.3, -0.25) is 9.69 Å². The van der Waals surface area contributed by atoms with Crippen molar-refractivity contribution in [2.45, 2.75) is 25.9 Å². The molecule has 1 fully saturated rings. The lowest BCUT2D eigenvalue weighted by molar-refractivity contribution is -0.142. The van der Waals surface area contributed by atoms with Gasteiger partial charge < -0.3 is 4.74 Å². The van der Waals surface area contributed by atoms with Crippen molar-refractivity contribution in [2.24, 2.45) is 0 Å². The summed E-state index contributed by atoms with van der Waals surface area (Å²) in [6, 6.07) is 10.3. The summed E-state index contributed by atoms with van der Waals surface area (Å²) in [4.78, 5) is 13.1. The number of esters is 1. The first-order chi connectivity index (χ1) is 7.60. The highest BCUT2D eigenvalue weighted by Gasteiger charge is 2.48. The zero-order valence-electron chi connectivity index (χ0n) is 9.77. The van der Waals surface area contributed by atoms with Crippen molar-refractivity contribution in [3.05, 3.63) is 35.9 Å². The monoisotopic (exact) mass is 219 g/mol. The molecule has 1 aromatic rings. The molecule has 0 bridgehead atoms. The van der Waals surface area contributed by atoms with E-state index in [0.717, 1.165) is 13.1 Å². The molecule has 3 heteroatoms. The second kappa shape index (κ2) is 4.26. The Morgan fingerprint density at radius 3 is 2.75 bits per heavy atom. The van der Waals surface area contributed by atoms with Gasteiger partial charge in [0.05, 0.1) is 5.54 Å². The summed E-state index contributed by atoms with van der Waals surface area (Å²) in [6.45, 7) is 6.00. The highest BCUT2D eigenvalue weighted by molar-refractivity contribution is 5.66. The van der Waals surface area contributed by atoms with Crippen molar-refractivity contribution in [2.75, 3.05) is 13.2 Å². The van der Waals surface area contributed by atoms with E-state index in [0.29, 0.717) is 6.61 Å². The molecule has 3 nitrogen and oxygen atoms in total. The zero-order chi connectivity index (χ0) is 11.6. The normalized spacial score (nSPS) is 27.5. The fraction of sp³-hybridized carbons (Fsp3) is 0.462. The maximum absolute atomic E-state index is 10.7. The average Bonchev–Trinajstić information content (AvgIpc) is 2.89. The van der Waals surface area contributed by atoms with E-state index in [1.54, 1.807) is 0 Å². The number of carbonyl (C=O) groups is 1. The minimum Gasteiger partial charge on any atom is -0.464 e.